The Bertz CT molecular complexity index is 191. The Morgan fingerprint density at radius 2 is 1.60 bits per heavy atom. The predicted octanol–water partition coefficient (Wildman–Crippen LogP) is 5.90. The van der Waals surface area contributed by atoms with Crippen LogP contribution in [0.2, 0.25) is 0 Å². The third-order valence-electron chi connectivity index (χ3n) is 1.08. The highest BCUT2D eigenvalue weighted by molar-refractivity contribution is 8.63. The van der Waals surface area contributed by atoms with Crippen LogP contribution in [0.4, 0.5) is 0 Å². The molecule has 5 unspecified atom stereocenters. The molecule has 1 heterocycles. The fourth-order valence-electron chi connectivity index (χ4n) is 0.579. The van der Waals surface area contributed by atoms with Crippen molar-refractivity contribution >= 4 is 56.5 Å². The molecule has 0 fully saturated rings. The first-order valence-corrected chi connectivity index (χ1v) is 11.4. The standard InChI is InChI=1S/C5H9P5.C2H6.2CH4.H3P/c6-9-10(7)5-1-3-8-4-2-5;1-2;;;/h1-4,9H,6-7H2;1-2H3;2*1H4;1H3. The van der Waals surface area contributed by atoms with E-state index in [1.807, 2.05) is 13.8 Å². The highest BCUT2D eigenvalue weighted by Gasteiger charge is 1.98. The molecule has 5 atom stereocenters. The smallest absolute Gasteiger partial charge is 0.0151 e. The molecule has 0 aromatic carbocycles. The summed E-state index contributed by atoms with van der Waals surface area (Å²) in [4.78, 5) is 0. The molecule has 92 valence electrons. The van der Waals surface area contributed by atoms with Gasteiger partial charge in [0.05, 0.1) is 0 Å². The van der Waals surface area contributed by atoms with Gasteiger partial charge in [-0.25, -0.2) is 0 Å². The lowest BCUT2D eigenvalue weighted by molar-refractivity contribution is 1.50. The van der Waals surface area contributed by atoms with E-state index in [4.69, 9.17) is 0 Å². The van der Waals surface area contributed by atoms with Crippen molar-refractivity contribution in [3.8, 4) is 0 Å². The molecule has 0 amide bonds. The van der Waals surface area contributed by atoms with Gasteiger partial charge in [-0.05, 0) is 36.3 Å². The van der Waals surface area contributed by atoms with E-state index in [-0.39, 0.29) is 32.1 Å². The van der Waals surface area contributed by atoms with Gasteiger partial charge in [0.15, 0.2) is 0 Å². The Morgan fingerprint density at radius 1 is 1.20 bits per heavy atom. The van der Waals surface area contributed by atoms with Crippen LogP contribution in [-0.2, 0) is 0 Å². The minimum Gasteiger partial charge on any atom is -0.153 e. The van der Waals surface area contributed by atoms with Gasteiger partial charge >= 0.3 is 0 Å². The Kier molecular flexibility index (Phi) is 31.0. The molecule has 0 bridgehead atoms. The largest absolute Gasteiger partial charge is 0.153 e. The van der Waals surface area contributed by atoms with Crippen LogP contribution in [0.3, 0.4) is 0 Å². The Morgan fingerprint density at radius 3 is 1.93 bits per heavy atom. The van der Waals surface area contributed by atoms with Crippen LogP contribution in [0.25, 0.3) is 0 Å². The van der Waals surface area contributed by atoms with Crippen LogP contribution in [0.5, 0.6) is 0 Å². The summed E-state index contributed by atoms with van der Waals surface area (Å²) in [6.45, 7) is 4.00. The molecule has 0 nitrogen and oxygen atoms in total. The fraction of sp³-hybridized carbons (Fsp3) is 0.444. The maximum atomic E-state index is 2.92. The minimum absolute atomic E-state index is 0. The van der Waals surface area contributed by atoms with Crippen molar-refractivity contribution in [2.45, 2.75) is 28.7 Å². The Hall–Kier alpha value is 1.80. The van der Waals surface area contributed by atoms with Crippen molar-refractivity contribution < 1.29 is 0 Å². The van der Waals surface area contributed by atoms with Gasteiger partial charge in [0.25, 0.3) is 0 Å². The number of hydrogen-bond donors (Lipinski definition) is 0. The molecular weight excluding hydrogens is 294 g/mol. The van der Waals surface area contributed by atoms with Crippen LogP contribution >= 0.6 is 51.2 Å². The van der Waals surface area contributed by atoms with E-state index in [1.165, 1.54) is 13.5 Å². The van der Waals surface area contributed by atoms with Gasteiger partial charge in [-0.1, -0.05) is 44.9 Å². The van der Waals surface area contributed by atoms with E-state index in [9.17, 15) is 0 Å². The summed E-state index contributed by atoms with van der Waals surface area (Å²) in [5, 5.41) is 1.49. The van der Waals surface area contributed by atoms with E-state index >= 15 is 0 Å². The molecule has 0 aliphatic carbocycles. The van der Waals surface area contributed by atoms with E-state index in [0.29, 0.717) is 0 Å². The molecule has 1 rings (SSSR count). The number of hydrogen-bond acceptors (Lipinski definition) is 0. The quantitative estimate of drug-likeness (QED) is 0.595. The fourth-order valence-corrected chi connectivity index (χ4v) is 4.78. The molecule has 0 N–H and O–H groups in total. The molecular formula is C9H26P6. The van der Waals surface area contributed by atoms with Gasteiger partial charge in [-0.15, -0.1) is 17.9 Å². The zero-order chi connectivity index (χ0) is 9.40. The van der Waals surface area contributed by atoms with Gasteiger partial charge in [0, 0.05) is 0 Å². The van der Waals surface area contributed by atoms with Crippen LogP contribution < -0.4 is 5.30 Å². The third-order valence-corrected chi connectivity index (χ3v) is 11.9. The monoisotopic (exact) mass is 320 g/mol. The van der Waals surface area contributed by atoms with Crippen LogP contribution in [0, 0.1) is 0 Å². The molecule has 0 aliphatic heterocycles. The molecule has 0 radical (unpaired) electrons. The van der Waals surface area contributed by atoms with Crippen molar-refractivity contribution in [1.82, 2.24) is 0 Å². The molecule has 1 aromatic rings. The normalized spacial score (nSPS) is 9.87. The van der Waals surface area contributed by atoms with Crippen LogP contribution in [-0.4, -0.2) is 0 Å². The molecule has 0 spiro atoms. The van der Waals surface area contributed by atoms with Crippen molar-refractivity contribution in [3.05, 3.63) is 23.7 Å². The van der Waals surface area contributed by atoms with Gasteiger partial charge in [-0.3, -0.25) is 0 Å². The second-order valence-corrected chi connectivity index (χ2v) is 11.8. The number of rotatable bonds is 2. The average molecular weight is 320 g/mol. The van der Waals surface area contributed by atoms with Crippen LogP contribution in [0.1, 0.15) is 28.7 Å². The van der Waals surface area contributed by atoms with E-state index in [1.54, 1.807) is 0 Å². The third kappa shape index (κ3) is 12.1. The maximum Gasteiger partial charge on any atom is -0.0151 e. The van der Waals surface area contributed by atoms with Gasteiger partial charge in [-0.2, -0.15) is 9.90 Å². The molecule has 0 saturated heterocycles. The van der Waals surface area contributed by atoms with E-state index in [2.05, 4.69) is 41.6 Å². The summed E-state index contributed by atoms with van der Waals surface area (Å²) in [6, 6.07) is 4.47. The molecule has 6 heteroatoms. The lowest BCUT2D eigenvalue weighted by atomic mass is 10.6. The van der Waals surface area contributed by atoms with Crippen molar-refractivity contribution in [1.29, 1.82) is 0 Å². The summed E-state index contributed by atoms with van der Waals surface area (Å²) in [5.74, 6) is 4.39. The van der Waals surface area contributed by atoms with Crippen molar-refractivity contribution in [2.75, 3.05) is 0 Å². The second kappa shape index (κ2) is 18.2. The first-order valence-electron chi connectivity index (χ1n) is 3.75. The maximum absolute atomic E-state index is 2.92. The van der Waals surface area contributed by atoms with Crippen LogP contribution in [0.15, 0.2) is 23.7 Å². The van der Waals surface area contributed by atoms with E-state index in [0.717, 1.165) is 7.96 Å². The van der Waals surface area contributed by atoms with Gasteiger partial charge < -0.3 is 0 Å². The summed E-state index contributed by atoms with van der Waals surface area (Å²) in [7, 11) is 8.06. The second-order valence-electron chi connectivity index (χ2n) is 1.70. The van der Waals surface area contributed by atoms with E-state index < -0.39 is 0 Å². The summed E-state index contributed by atoms with van der Waals surface area (Å²) in [6.07, 6.45) is 0. The van der Waals surface area contributed by atoms with Gasteiger partial charge in [0.1, 0.15) is 0 Å². The Labute approximate surface area is 109 Å². The first-order chi connectivity index (χ1) is 5.84. The zero-order valence-corrected chi connectivity index (χ0v) is 14.6. The summed E-state index contributed by atoms with van der Waals surface area (Å²) in [5.41, 5.74) is 0. The predicted molar refractivity (Wildman–Crippen MR) is 99.2 cm³/mol. The molecule has 0 aliphatic rings. The van der Waals surface area contributed by atoms with Crippen molar-refractivity contribution in [2.24, 2.45) is 0 Å². The van der Waals surface area contributed by atoms with Crippen molar-refractivity contribution in [3.63, 3.8) is 0 Å². The molecule has 15 heavy (non-hydrogen) atoms. The highest BCUT2D eigenvalue weighted by atomic mass is 32.6. The SMILES string of the molecule is C.C.CC.P.PPP(P)c1ccpcc1. The average Bonchev–Trinajstić information content (AvgIpc) is 2.21. The first kappa shape index (κ1) is 25.6. The summed E-state index contributed by atoms with van der Waals surface area (Å²) < 4.78 is 0. The zero-order valence-electron chi connectivity index (χ0n) is 8.07. The summed E-state index contributed by atoms with van der Waals surface area (Å²) >= 11 is 0. The van der Waals surface area contributed by atoms with Gasteiger partial charge in [0.2, 0.25) is 0 Å². The topological polar surface area (TPSA) is 0 Å². The Balaban J connectivity index is -0.000000114. The highest BCUT2D eigenvalue weighted by Crippen LogP contribution is 2.64. The molecule has 0 saturated carbocycles. The lowest BCUT2D eigenvalue weighted by Gasteiger charge is -2.06. The minimum atomic E-state index is 0. The lowest BCUT2D eigenvalue weighted by Crippen LogP contribution is -1.88. The molecule has 1 aromatic heterocycles.